The standard InChI is InChI=1S/C39H42ClF3N7O2/c1-47-15-4-7-27(47)10-12-31(51)49-17-13-24(21-49)20-48(2)37-29-19-44-35(28-8-3-6-25-9-11-30(42)33(40)32(25)28)34(43)36(29)45-38(46-37)52-23-39-14-5-16-50(39)22-26(41)18-39/h3,6,8-12,19-20,24,26-27H,4-5,7,13-18,21-23H2,1-2H3/q+1/b12-10+,48-20?/t24?,26-,27?,39+/m1/s1. The van der Waals surface area contributed by atoms with E-state index in [9.17, 15) is 13.6 Å². The Morgan fingerprint density at radius 1 is 1.12 bits per heavy atom. The SMILES string of the molecule is CN1CCCC1/C=C/C(=O)N1CCC(C=[N+](C)c2nc(OC[C@@]34CCCN3C[C@H](F)C4)nc3c(F)c(-c4cccc5ccc(F)c(Cl)c45)ncc23)C1. The Kier molecular flexibility index (Phi) is 9.42. The van der Waals surface area contributed by atoms with Crippen LogP contribution in [0.3, 0.4) is 0 Å². The number of halogens is 4. The molecule has 9 nitrogen and oxygen atoms in total. The van der Waals surface area contributed by atoms with Gasteiger partial charge in [0.1, 0.15) is 35.2 Å². The lowest BCUT2D eigenvalue weighted by molar-refractivity contribution is -0.405. The smallest absolute Gasteiger partial charge is 0.434 e. The Morgan fingerprint density at radius 3 is 2.81 bits per heavy atom. The first kappa shape index (κ1) is 34.9. The molecule has 4 aliphatic heterocycles. The molecular weight excluding hydrogens is 691 g/mol. The molecule has 0 bridgehead atoms. The zero-order valence-corrected chi connectivity index (χ0v) is 30.1. The van der Waals surface area contributed by atoms with Gasteiger partial charge in [0.05, 0.1) is 23.8 Å². The second-order valence-corrected chi connectivity index (χ2v) is 15.2. The Hall–Kier alpha value is -4.13. The van der Waals surface area contributed by atoms with E-state index < -0.39 is 23.3 Å². The molecule has 4 atom stereocenters. The number of nitrogens with zero attached hydrogens (tertiary/aromatic N) is 7. The number of benzene rings is 2. The van der Waals surface area contributed by atoms with Gasteiger partial charge in [0, 0.05) is 66.2 Å². The Morgan fingerprint density at radius 2 is 1.98 bits per heavy atom. The third-order valence-electron chi connectivity index (χ3n) is 11.4. The first-order chi connectivity index (χ1) is 25.1. The maximum Gasteiger partial charge on any atom is 0.434 e. The van der Waals surface area contributed by atoms with E-state index in [1.807, 2.05) is 28.8 Å². The number of alkyl halides is 1. The van der Waals surface area contributed by atoms with Crippen molar-refractivity contribution in [2.45, 2.75) is 56.3 Å². The van der Waals surface area contributed by atoms with E-state index in [0.29, 0.717) is 59.6 Å². The number of hydrogen-bond acceptors (Lipinski definition) is 7. The van der Waals surface area contributed by atoms with Crippen LogP contribution in [0.4, 0.5) is 19.0 Å². The predicted octanol–water partition coefficient (Wildman–Crippen LogP) is 6.58. The molecule has 4 saturated heterocycles. The fourth-order valence-electron chi connectivity index (χ4n) is 8.67. The second-order valence-electron chi connectivity index (χ2n) is 14.8. The Balaban J connectivity index is 1.14. The van der Waals surface area contributed by atoms with Crippen molar-refractivity contribution in [2.24, 2.45) is 5.92 Å². The molecule has 2 aromatic carbocycles. The van der Waals surface area contributed by atoms with Gasteiger partial charge in [-0.3, -0.25) is 19.6 Å². The summed E-state index contributed by atoms with van der Waals surface area (Å²) in [5.74, 6) is -0.939. The number of hydrogen-bond donors (Lipinski definition) is 0. The molecule has 52 heavy (non-hydrogen) atoms. The minimum absolute atomic E-state index is 0.00277. The molecule has 0 radical (unpaired) electrons. The lowest BCUT2D eigenvalue weighted by Gasteiger charge is -2.30. The van der Waals surface area contributed by atoms with Gasteiger partial charge in [0.25, 0.3) is 0 Å². The molecule has 2 unspecified atom stereocenters. The molecule has 0 spiro atoms. The van der Waals surface area contributed by atoms with Crippen molar-refractivity contribution in [2.75, 3.05) is 53.4 Å². The van der Waals surface area contributed by atoms with Gasteiger partial charge < -0.3 is 9.64 Å². The van der Waals surface area contributed by atoms with Crippen LogP contribution in [-0.4, -0.2) is 118 Å². The highest BCUT2D eigenvalue weighted by molar-refractivity contribution is 6.36. The number of carbonyl (C=O) groups excluding carboxylic acids is 1. The highest BCUT2D eigenvalue weighted by Crippen LogP contribution is 2.41. The van der Waals surface area contributed by atoms with Crippen molar-refractivity contribution in [1.82, 2.24) is 29.7 Å². The van der Waals surface area contributed by atoms with E-state index >= 15 is 4.39 Å². The van der Waals surface area contributed by atoms with Crippen LogP contribution in [0.1, 0.15) is 38.5 Å². The van der Waals surface area contributed by atoms with Gasteiger partial charge in [-0.05, 0) is 63.7 Å². The molecule has 8 rings (SSSR count). The molecule has 4 fully saturated rings. The van der Waals surface area contributed by atoms with E-state index in [0.717, 1.165) is 45.2 Å². The number of pyridine rings is 1. The van der Waals surface area contributed by atoms with Crippen molar-refractivity contribution < 1.29 is 27.3 Å². The van der Waals surface area contributed by atoms with Gasteiger partial charge in [-0.25, -0.2) is 17.7 Å². The zero-order valence-electron chi connectivity index (χ0n) is 29.4. The zero-order chi connectivity index (χ0) is 36.1. The first-order valence-electron chi connectivity index (χ1n) is 18.1. The van der Waals surface area contributed by atoms with Crippen molar-refractivity contribution in [3.8, 4) is 17.3 Å². The number of rotatable bonds is 8. The van der Waals surface area contributed by atoms with Crippen molar-refractivity contribution in [1.29, 1.82) is 0 Å². The van der Waals surface area contributed by atoms with Crippen molar-refractivity contribution in [3.05, 3.63) is 65.3 Å². The minimum Gasteiger partial charge on any atom is -0.443 e. The summed E-state index contributed by atoms with van der Waals surface area (Å²) in [6, 6.07) is 8.30. The van der Waals surface area contributed by atoms with E-state index in [-0.39, 0.29) is 40.7 Å². The highest BCUT2D eigenvalue weighted by atomic mass is 35.5. The summed E-state index contributed by atoms with van der Waals surface area (Å²) in [4.78, 5) is 33.2. The fraction of sp³-hybridized carbons (Fsp3) is 0.462. The number of likely N-dealkylation sites (tertiary alicyclic amines) is 2. The van der Waals surface area contributed by atoms with Gasteiger partial charge in [-0.2, -0.15) is 4.98 Å². The van der Waals surface area contributed by atoms with Gasteiger partial charge in [0.2, 0.25) is 5.91 Å². The molecule has 2 aromatic heterocycles. The molecule has 4 aliphatic rings. The van der Waals surface area contributed by atoms with E-state index in [1.165, 1.54) is 12.3 Å². The van der Waals surface area contributed by atoms with Crippen molar-refractivity contribution >= 4 is 51.2 Å². The van der Waals surface area contributed by atoms with Gasteiger partial charge in [-0.15, -0.1) is 0 Å². The summed E-state index contributed by atoms with van der Waals surface area (Å²) in [5, 5.41) is 1.22. The predicted molar refractivity (Wildman–Crippen MR) is 195 cm³/mol. The number of likely N-dealkylation sites (N-methyl/N-ethyl adjacent to an activating group) is 1. The van der Waals surface area contributed by atoms with Crippen molar-refractivity contribution in [3.63, 3.8) is 0 Å². The maximum absolute atomic E-state index is 16.8. The van der Waals surface area contributed by atoms with Gasteiger partial charge in [0.15, 0.2) is 5.82 Å². The average Bonchev–Trinajstić information content (AvgIpc) is 3.92. The summed E-state index contributed by atoms with van der Waals surface area (Å²) in [6.45, 7) is 3.55. The normalized spacial score (nSPS) is 25.7. The molecule has 1 amide bonds. The topological polar surface area (TPSA) is 77.7 Å². The number of aromatic nitrogens is 3. The molecule has 6 heterocycles. The highest BCUT2D eigenvalue weighted by Gasteiger charge is 2.49. The van der Waals surface area contributed by atoms with Crippen LogP contribution in [-0.2, 0) is 4.79 Å². The monoisotopic (exact) mass is 732 g/mol. The van der Waals surface area contributed by atoms with Gasteiger partial charge in [-0.1, -0.05) is 41.9 Å². The van der Waals surface area contributed by atoms with Gasteiger partial charge >= 0.3 is 11.8 Å². The lowest BCUT2D eigenvalue weighted by atomic mass is 9.95. The third kappa shape index (κ3) is 6.43. The first-order valence-corrected chi connectivity index (χ1v) is 18.5. The summed E-state index contributed by atoms with van der Waals surface area (Å²) in [6.07, 6.45) is 11.3. The third-order valence-corrected chi connectivity index (χ3v) is 11.8. The van der Waals surface area contributed by atoms with E-state index in [1.54, 1.807) is 30.3 Å². The number of amides is 1. The Labute approximate surface area is 305 Å². The van der Waals surface area contributed by atoms with Crippen LogP contribution in [0.5, 0.6) is 6.01 Å². The summed E-state index contributed by atoms with van der Waals surface area (Å²) in [5.41, 5.74) is -0.182. The molecule has 0 aliphatic carbocycles. The van der Waals surface area contributed by atoms with Crippen LogP contribution >= 0.6 is 11.6 Å². The summed E-state index contributed by atoms with van der Waals surface area (Å²) >= 11 is 6.42. The quantitative estimate of drug-likeness (QED) is 0.115. The van der Waals surface area contributed by atoms with Crippen LogP contribution in [0.15, 0.2) is 48.7 Å². The molecule has 0 saturated carbocycles. The van der Waals surface area contributed by atoms with Crippen LogP contribution < -0.4 is 4.74 Å². The van der Waals surface area contributed by atoms with Crippen LogP contribution in [0, 0.1) is 17.6 Å². The molecule has 0 N–H and O–H groups in total. The van der Waals surface area contributed by atoms with E-state index in [2.05, 4.69) is 26.8 Å². The molecule has 272 valence electrons. The van der Waals surface area contributed by atoms with E-state index in [4.69, 9.17) is 21.3 Å². The minimum atomic E-state index is -0.932. The molecule has 4 aromatic rings. The van der Waals surface area contributed by atoms with Crippen LogP contribution in [0.2, 0.25) is 5.02 Å². The molecular formula is C39H42ClF3N7O2+. The number of ether oxygens (including phenoxy) is 1. The summed E-state index contributed by atoms with van der Waals surface area (Å²) in [7, 11) is 3.91. The lowest BCUT2D eigenvalue weighted by Crippen LogP contribution is -2.43. The van der Waals surface area contributed by atoms with Crippen LogP contribution in [0.25, 0.3) is 32.9 Å². The maximum atomic E-state index is 16.8. The molecule has 13 heteroatoms. The summed E-state index contributed by atoms with van der Waals surface area (Å²) < 4.78 is 54.1. The number of fused-ring (bicyclic) bond motifs is 3. The second kappa shape index (κ2) is 14.0. The number of carbonyl (C=O) groups is 1. The largest absolute Gasteiger partial charge is 0.443 e. The Bertz CT molecular complexity index is 2110. The average molecular weight is 733 g/mol. The fourth-order valence-corrected chi connectivity index (χ4v) is 8.95.